The first kappa shape index (κ1) is 18.0. The fourth-order valence-corrected chi connectivity index (χ4v) is 5.30. The second-order valence-electron chi connectivity index (χ2n) is 7.96. The number of ether oxygens (including phenoxy) is 2. The summed E-state index contributed by atoms with van der Waals surface area (Å²) in [6.07, 6.45) is 0. The van der Waals surface area contributed by atoms with Gasteiger partial charge in [-0.1, -0.05) is 69.8 Å². The van der Waals surface area contributed by atoms with Gasteiger partial charge in [-0.3, -0.25) is 0 Å². The van der Waals surface area contributed by atoms with Crippen molar-refractivity contribution in [2.24, 2.45) is 5.41 Å². The average Bonchev–Trinajstić information content (AvgIpc) is 3.35. The van der Waals surface area contributed by atoms with Crippen LogP contribution in [0.25, 0.3) is 0 Å². The number of hydrogen-bond acceptors (Lipinski definition) is 2. The van der Waals surface area contributed by atoms with Crippen LogP contribution in [0.15, 0.2) is 60.7 Å². The van der Waals surface area contributed by atoms with Gasteiger partial charge >= 0.3 is 16.4 Å². The van der Waals surface area contributed by atoms with Gasteiger partial charge in [0.25, 0.3) is 0 Å². The minimum atomic E-state index is -1.33. The van der Waals surface area contributed by atoms with E-state index in [4.69, 9.17) is 32.7 Å². The molecule has 0 amide bonds. The van der Waals surface area contributed by atoms with Gasteiger partial charge in [0, 0.05) is 11.1 Å². The Morgan fingerprint density at radius 2 is 1.14 bits per heavy atom. The summed E-state index contributed by atoms with van der Waals surface area (Å²) in [4.78, 5) is 0. The van der Waals surface area contributed by atoms with Gasteiger partial charge in [-0.2, -0.15) is 0 Å². The predicted octanol–water partition coefficient (Wildman–Crippen LogP) is 4.48. The largest absolute Gasteiger partial charge is 0.523 e. The molecule has 6 heteroatoms. The molecule has 0 saturated heterocycles. The van der Waals surface area contributed by atoms with E-state index in [1.54, 1.807) is 0 Å². The van der Waals surface area contributed by atoms with Crippen LogP contribution in [0.4, 0.5) is 0 Å². The molecule has 4 nitrogen and oxygen atoms in total. The molecule has 0 radical (unpaired) electrons. The monoisotopic (exact) mass is 416 g/mol. The zero-order valence-corrected chi connectivity index (χ0v) is 17.3. The third kappa shape index (κ3) is 2.44. The average molecular weight is 417 g/mol. The highest BCUT2D eigenvalue weighted by atomic mass is 35.5. The van der Waals surface area contributed by atoms with Gasteiger partial charge in [-0.25, -0.2) is 0 Å². The molecule has 2 aromatic rings. The molecule has 28 heavy (non-hydrogen) atoms. The van der Waals surface area contributed by atoms with Crippen LogP contribution in [0.1, 0.15) is 37.1 Å². The van der Waals surface area contributed by atoms with E-state index in [0.717, 1.165) is 22.9 Å². The maximum atomic E-state index is 7.11. The van der Waals surface area contributed by atoms with Gasteiger partial charge in [-0.15, -0.1) is 0 Å². The lowest BCUT2D eigenvalue weighted by Gasteiger charge is -2.27. The third-order valence-corrected chi connectivity index (χ3v) is 6.56. The van der Waals surface area contributed by atoms with E-state index in [0.29, 0.717) is 13.2 Å². The Kier molecular flexibility index (Phi) is 4.01. The van der Waals surface area contributed by atoms with Crippen molar-refractivity contribution in [3.8, 4) is 0 Å². The molecule has 0 spiro atoms. The molecular weight excluding hydrogens is 395 g/mol. The Balaban J connectivity index is 1.66. The molecule has 0 aromatic heterocycles. The number of benzene rings is 2. The van der Waals surface area contributed by atoms with Crippen molar-refractivity contribution in [1.29, 1.82) is 0 Å². The van der Waals surface area contributed by atoms with Crippen LogP contribution < -0.4 is 0 Å². The highest BCUT2D eigenvalue weighted by Crippen LogP contribution is 2.48. The maximum absolute atomic E-state index is 7.11. The Morgan fingerprint density at radius 3 is 1.54 bits per heavy atom. The molecule has 3 aliphatic rings. The van der Waals surface area contributed by atoms with Gasteiger partial charge in [0.2, 0.25) is 17.5 Å². The van der Waals surface area contributed by atoms with Crippen LogP contribution in [0.3, 0.4) is 0 Å². The Labute approximate surface area is 174 Å². The fraction of sp³-hybridized carbons (Fsp3) is 0.364. The molecule has 0 bridgehead atoms. The number of hydrogen-bond donors (Lipinski definition) is 0. The molecule has 2 atom stereocenters. The first-order valence-corrected chi connectivity index (χ1v) is 10.2. The maximum Gasteiger partial charge on any atom is 0.523 e. The molecule has 0 saturated carbocycles. The fourth-order valence-electron chi connectivity index (χ4n) is 4.52. The molecule has 0 fully saturated rings. The van der Waals surface area contributed by atoms with Crippen molar-refractivity contribution in [1.82, 2.24) is 0 Å². The summed E-state index contributed by atoms with van der Waals surface area (Å²) in [5.74, 6) is 1.51. The molecule has 0 aliphatic carbocycles. The molecule has 0 N–H and O–H groups in total. The molecule has 5 rings (SSSR count). The minimum absolute atomic E-state index is 0.0657. The van der Waals surface area contributed by atoms with Crippen molar-refractivity contribution in [3.05, 3.63) is 71.8 Å². The quantitative estimate of drug-likeness (QED) is 0.409. The van der Waals surface area contributed by atoms with Gasteiger partial charge in [0.15, 0.2) is 13.2 Å². The van der Waals surface area contributed by atoms with Crippen LogP contribution in [0.2, 0.25) is 0 Å². The van der Waals surface area contributed by atoms with Crippen molar-refractivity contribution >= 4 is 35.0 Å². The van der Waals surface area contributed by atoms with E-state index in [1.807, 2.05) is 45.5 Å². The van der Waals surface area contributed by atoms with Crippen LogP contribution in [-0.2, 0) is 9.47 Å². The van der Waals surface area contributed by atoms with E-state index in [2.05, 4.69) is 38.1 Å². The second-order valence-corrected chi connectivity index (χ2v) is 9.21. The van der Waals surface area contributed by atoms with Gasteiger partial charge < -0.3 is 9.47 Å². The van der Waals surface area contributed by atoms with Crippen molar-refractivity contribution in [2.45, 2.75) is 30.5 Å². The van der Waals surface area contributed by atoms with Crippen LogP contribution in [0.5, 0.6) is 0 Å². The SMILES string of the molecule is CC1(C)C2=[N+]([C@@H](c3ccccc3)CO2)C(Cl)(Cl)[N+]2=C1OC[C@@H]2c1ccccc1. The zero-order chi connectivity index (χ0) is 19.5. The first-order valence-electron chi connectivity index (χ1n) is 9.49. The first-order chi connectivity index (χ1) is 13.4. The Morgan fingerprint density at radius 1 is 0.750 bits per heavy atom. The molecule has 2 aromatic carbocycles. The smallest absolute Gasteiger partial charge is 0.439 e. The van der Waals surface area contributed by atoms with E-state index in [-0.39, 0.29) is 12.1 Å². The molecular formula is C22H22Cl2N2O2+2. The minimum Gasteiger partial charge on any atom is -0.439 e. The van der Waals surface area contributed by atoms with E-state index in [9.17, 15) is 0 Å². The van der Waals surface area contributed by atoms with Gasteiger partial charge in [0.1, 0.15) is 0 Å². The highest BCUT2D eigenvalue weighted by Gasteiger charge is 2.72. The lowest BCUT2D eigenvalue weighted by atomic mass is 9.91. The highest BCUT2D eigenvalue weighted by molar-refractivity contribution is 6.46. The number of halogens is 2. The number of nitrogens with zero attached hydrogens (tertiary/aromatic N) is 2. The summed E-state index contributed by atoms with van der Waals surface area (Å²) in [5, 5.41) is 0. The van der Waals surface area contributed by atoms with Crippen molar-refractivity contribution in [2.75, 3.05) is 13.2 Å². The van der Waals surface area contributed by atoms with Crippen LogP contribution >= 0.6 is 23.2 Å². The topological polar surface area (TPSA) is 24.5 Å². The zero-order valence-electron chi connectivity index (χ0n) is 15.8. The van der Waals surface area contributed by atoms with Crippen LogP contribution in [-0.4, -0.2) is 38.7 Å². The van der Waals surface area contributed by atoms with Gasteiger partial charge in [0.05, 0.1) is 23.2 Å². The van der Waals surface area contributed by atoms with E-state index < -0.39 is 10.00 Å². The molecule has 3 aliphatic heterocycles. The summed E-state index contributed by atoms with van der Waals surface area (Å²) >= 11 is 14.2. The summed E-state index contributed by atoms with van der Waals surface area (Å²) in [6, 6.07) is 20.3. The number of rotatable bonds is 2. The summed E-state index contributed by atoms with van der Waals surface area (Å²) < 4.78 is 15.0. The summed E-state index contributed by atoms with van der Waals surface area (Å²) in [5.41, 5.74) is 1.78. The molecule has 3 heterocycles. The number of alkyl halides is 2. The third-order valence-electron chi connectivity index (χ3n) is 5.83. The summed E-state index contributed by atoms with van der Waals surface area (Å²) in [7, 11) is 0. The predicted molar refractivity (Wildman–Crippen MR) is 109 cm³/mol. The van der Waals surface area contributed by atoms with Gasteiger partial charge in [-0.05, 0) is 13.8 Å². The van der Waals surface area contributed by atoms with Crippen molar-refractivity contribution in [3.63, 3.8) is 0 Å². The Hall–Kier alpha value is -2.04. The van der Waals surface area contributed by atoms with Crippen molar-refractivity contribution < 1.29 is 18.6 Å². The lowest BCUT2D eigenvalue weighted by Crippen LogP contribution is -2.57. The second kappa shape index (κ2) is 6.23. The Bertz CT molecular complexity index is 907. The molecule has 144 valence electrons. The van der Waals surface area contributed by atoms with E-state index in [1.165, 1.54) is 0 Å². The summed E-state index contributed by atoms with van der Waals surface area (Å²) in [6.45, 7) is 5.20. The lowest BCUT2D eigenvalue weighted by molar-refractivity contribution is -0.806. The normalized spacial score (nSPS) is 27.1. The standard InChI is InChI=1S/C22H22Cl2N2O2/c1-21(2)19-25(17(13-27-19)15-9-5-3-6-10-15)22(23,24)26-18(14-28-20(21)26)16-11-7-4-8-12-16/h3-12,17-18H,13-14H2,1-2H3/q+2/t17-,18-/m1/s1. The molecule has 0 unspecified atom stereocenters. The van der Waals surface area contributed by atoms with E-state index >= 15 is 0 Å². The van der Waals surface area contributed by atoms with Crippen LogP contribution in [0, 0.1) is 5.41 Å².